The Hall–Kier alpha value is -1.45. The third-order valence-electron chi connectivity index (χ3n) is 3.24. The second-order valence-electron chi connectivity index (χ2n) is 4.43. The largest absolute Gasteiger partial charge is 0.384 e. The van der Waals surface area contributed by atoms with Crippen LogP contribution in [0.25, 0.3) is 0 Å². The third-order valence-corrected chi connectivity index (χ3v) is 3.24. The molecule has 1 fully saturated rings. The van der Waals surface area contributed by atoms with Crippen LogP contribution in [0.3, 0.4) is 0 Å². The fourth-order valence-electron chi connectivity index (χ4n) is 2.17. The Kier molecular flexibility index (Phi) is 3.17. The molecule has 88 valence electrons. The Bertz CT molecular complexity index is 376. The van der Waals surface area contributed by atoms with Crippen LogP contribution in [0.1, 0.15) is 36.0 Å². The van der Waals surface area contributed by atoms with Gasteiger partial charge in [0.15, 0.2) is 0 Å². The summed E-state index contributed by atoms with van der Waals surface area (Å²) in [5.41, 5.74) is 6.51. The van der Waals surface area contributed by atoms with Crippen LogP contribution in [0.2, 0.25) is 0 Å². The second kappa shape index (κ2) is 4.60. The number of carbonyl (C=O) groups excluding carboxylic acids is 1. The van der Waals surface area contributed by atoms with Gasteiger partial charge in [0.05, 0.1) is 5.56 Å². The summed E-state index contributed by atoms with van der Waals surface area (Å²) in [6.45, 7) is 1.74. The standard InChI is InChI=1S/C12H19N3O/c1-14-9-6-10(11(14)13)12(16)15-7-4-2-3-5-8-15/h6,9H,2-5,7-8,13H2,1H3. The van der Waals surface area contributed by atoms with Gasteiger partial charge < -0.3 is 15.2 Å². The number of nitrogens with zero attached hydrogens (tertiary/aromatic N) is 2. The molecule has 0 unspecified atom stereocenters. The highest BCUT2D eigenvalue weighted by molar-refractivity contribution is 5.98. The molecule has 2 N–H and O–H groups in total. The summed E-state index contributed by atoms with van der Waals surface area (Å²) in [7, 11) is 1.86. The van der Waals surface area contributed by atoms with Crippen molar-refractivity contribution in [2.24, 2.45) is 7.05 Å². The molecule has 1 aromatic rings. The number of rotatable bonds is 1. The highest BCUT2D eigenvalue weighted by Crippen LogP contribution is 2.17. The van der Waals surface area contributed by atoms with Gasteiger partial charge in [0.2, 0.25) is 0 Å². The zero-order chi connectivity index (χ0) is 11.5. The van der Waals surface area contributed by atoms with Crippen molar-refractivity contribution in [3.63, 3.8) is 0 Å². The number of anilines is 1. The first-order valence-corrected chi connectivity index (χ1v) is 5.90. The Balaban J connectivity index is 2.14. The predicted molar refractivity (Wildman–Crippen MR) is 64.2 cm³/mol. The Morgan fingerprint density at radius 1 is 1.25 bits per heavy atom. The van der Waals surface area contributed by atoms with E-state index in [9.17, 15) is 4.79 Å². The lowest BCUT2D eigenvalue weighted by atomic mass is 10.2. The van der Waals surface area contributed by atoms with Crippen molar-refractivity contribution in [3.05, 3.63) is 17.8 Å². The van der Waals surface area contributed by atoms with Gasteiger partial charge in [-0.05, 0) is 18.9 Å². The van der Waals surface area contributed by atoms with Crippen molar-refractivity contribution >= 4 is 11.7 Å². The molecule has 4 nitrogen and oxygen atoms in total. The summed E-state index contributed by atoms with van der Waals surface area (Å²) < 4.78 is 1.78. The topological polar surface area (TPSA) is 51.3 Å². The Morgan fingerprint density at radius 2 is 1.88 bits per heavy atom. The van der Waals surface area contributed by atoms with E-state index >= 15 is 0 Å². The summed E-state index contributed by atoms with van der Waals surface area (Å²) in [4.78, 5) is 14.1. The number of nitrogen functional groups attached to an aromatic ring is 1. The summed E-state index contributed by atoms with van der Waals surface area (Å²) in [6, 6.07) is 1.81. The molecule has 0 aliphatic carbocycles. The van der Waals surface area contributed by atoms with Gasteiger partial charge in [0, 0.05) is 26.3 Å². The first kappa shape index (κ1) is 11.0. The van der Waals surface area contributed by atoms with Crippen molar-refractivity contribution in [2.75, 3.05) is 18.8 Å². The maximum atomic E-state index is 12.2. The molecule has 2 rings (SSSR count). The van der Waals surface area contributed by atoms with Crippen LogP contribution >= 0.6 is 0 Å². The second-order valence-corrected chi connectivity index (χ2v) is 4.43. The van der Waals surface area contributed by atoms with E-state index in [0.717, 1.165) is 25.9 Å². The minimum absolute atomic E-state index is 0.0833. The molecule has 1 aromatic heterocycles. The number of carbonyl (C=O) groups is 1. The van der Waals surface area contributed by atoms with Gasteiger partial charge in [-0.2, -0.15) is 0 Å². The van der Waals surface area contributed by atoms with Gasteiger partial charge in [-0.1, -0.05) is 12.8 Å². The maximum absolute atomic E-state index is 12.2. The number of likely N-dealkylation sites (tertiary alicyclic amines) is 1. The highest BCUT2D eigenvalue weighted by atomic mass is 16.2. The first-order valence-electron chi connectivity index (χ1n) is 5.90. The van der Waals surface area contributed by atoms with E-state index in [1.807, 2.05) is 24.2 Å². The van der Waals surface area contributed by atoms with Gasteiger partial charge in [-0.25, -0.2) is 0 Å². The molecule has 1 saturated heterocycles. The summed E-state index contributed by atoms with van der Waals surface area (Å²) in [6.07, 6.45) is 6.51. The molecule has 1 amide bonds. The maximum Gasteiger partial charge on any atom is 0.257 e. The highest BCUT2D eigenvalue weighted by Gasteiger charge is 2.20. The molecular formula is C12H19N3O. The van der Waals surface area contributed by atoms with Crippen molar-refractivity contribution in [1.82, 2.24) is 9.47 Å². The molecule has 4 heteroatoms. The number of hydrogen-bond donors (Lipinski definition) is 1. The fourth-order valence-corrected chi connectivity index (χ4v) is 2.17. The molecule has 2 heterocycles. The first-order chi connectivity index (χ1) is 7.70. The van der Waals surface area contributed by atoms with Gasteiger partial charge in [0.1, 0.15) is 5.82 Å². The lowest BCUT2D eigenvalue weighted by Crippen LogP contribution is -2.32. The number of aryl methyl sites for hydroxylation is 1. The van der Waals surface area contributed by atoms with Crippen molar-refractivity contribution < 1.29 is 4.79 Å². The van der Waals surface area contributed by atoms with E-state index in [-0.39, 0.29) is 5.91 Å². The zero-order valence-corrected chi connectivity index (χ0v) is 9.78. The summed E-state index contributed by atoms with van der Waals surface area (Å²) >= 11 is 0. The molecule has 0 spiro atoms. The van der Waals surface area contributed by atoms with E-state index < -0.39 is 0 Å². The van der Waals surface area contributed by atoms with Crippen LogP contribution in [-0.4, -0.2) is 28.5 Å². The van der Waals surface area contributed by atoms with Crippen LogP contribution in [-0.2, 0) is 7.05 Å². The number of amides is 1. The molecule has 0 atom stereocenters. The van der Waals surface area contributed by atoms with Crippen LogP contribution in [0, 0.1) is 0 Å². The normalized spacial score (nSPS) is 17.2. The van der Waals surface area contributed by atoms with E-state index in [2.05, 4.69) is 0 Å². The van der Waals surface area contributed by atoms with E-state index in [0.29, 0.717) is 11.4 Å². The van der Waals surface area contributed by atoms with Crippen LogP contribution in [0.15, 0.2) is 12.3 Å². The molecule has 1 aliphatic rings. The zero-order valence-electron chi connectivity index (χ0n) is 9.78. The lowest BCUT2D eigenvalue weighted by molar-refractivity contribution is 0.0763. The van der Waals surface area contributed by atoms with Crippen LogP contribution in [0.5, 0.6) is 0 Å². The number of hydrogen-bond acceptors (Lipinski definition) is 2. The van der Waals surface area contributed by atoms with Gasteiger partial charge >= 0.3 is 0 Å². The average molecular weight is 221 g/mol. The molecule has 0 bridgehead atoms. The molecule has 0 aromatic carbocycles. The number of aromatic nitrogens is 1. The quantitative estimate of drug-likeness (QED) is 0.783. The summed E-state index contributed by atoms with van der Waals surface area (Å²) in [5.74, 6) is 0.647. The van der Waals surface area contributed by atoms with Gasteiger partial charge in [-0.15, -0.1) is 0 Å². The molecule has 1 aliphatic heterocycles. The minimum Gasteiger partial charge on any atom is -0.384 e. The van der Waals surface area contributed by atoms with Crippen molar-refractivity contribution in [2.45, 2.75) is 25.7 Å². The third kappa shape index (κ3) is 2.05. The Labute approximate surface area is 96.0 Å². The van der Waals surface area contributed by atoms with Gasteiger partial charge in [0.25, 0.3) is 5.91 Å². The molecular weight excluding hydrogens is 202 g/mol. The fraction of sp³-hybridized carbons (Fsp3) is 0.583. The summed E-state index contributed by atoms with van der Waals surface area (Å²) in [5, 5.41) is 0. The average Bonchev–Trinajstić information content (AvgIpc) is 2.53. The van der Waals surface area contributed by atoms with Gasteiger partial charge in [-0.3, -0.25) is 4.79 Å². The predicted octanol–water partition coefficient (Wildman–Crippen LogP) is 1.62. The van der Waals surface area contributed by atoms with Crippen LogP contribution < -0.4 is 5.73 Å². The van der Waals surface area contributed by atoms with Crippen LogP contribution in [0.4, 0.5) is 5.82 Å². The van der Waals surface area contributed by atoms with E-state index in [4.69, 9.17) is 5.73 Å². The monoisotopic (exact) mass is 221 g/mol. The molecule has 0 radical (unpaired) electrons. The number of nitrogens with two attached hydrogens (primary N) is 1. The van der Waals surface area contributed by atoms with E-state index in [1.54, 1.807) is 4.57 Å². The SMILES string of the molecule is Cn1ccc(C(=O)N2CCCCCC2)c1N. The van der Waals surface area contributed by atoms with Crippen molar-refractivity contribution in [3.8, 4) is 0 Å². The lowest BCUT2D eigenvalue weighted by Gasteiger charge is -2.20. The Morgan fingerprint density at radius 3 is 2.38 bits per heavy atom. The van der Waals surface area contributed by atoms with Crippen molar-refractivity contribution in [1.29, 1.82) is 0 Å². The van der Waals surface area contributed by atoms with E-state index in [1.165, 1.54) is 12.8 Å². The molecule has 16 heavy (non-hydrogen) atoms. The molecule has 0 saturated carbocycles. The minimum atomic E-state index is 0.0833. The smallest absolute Gasteiger partial charge is 0.257 e.